The van der Waals surface area contributed by atoms with E-state index in [0.29, 0.717) is 53.6 Å². The molecular weight excluding hydrogens is 570 g/mol. The van der Waals surface area contributed by atoms with Gasteiger partial charge in [0.05, 0.1) is 12.1 Å². The third-order valence-electron chi connectivity index (χ3n) is 11.1. The lowest BCUT2D eigenvalue weighted by atomic mass is 9.45. The molecule has 8 heteroatoms. The number of hydrogen-bond donors (Lipinski definition) is 2. The Morgan fingerprint density at radius 3 is 2.75 bits per heavy atom. The first-order valence-corrected chi connectivity index (χ1v) is 16.6. The zero-order chi connectivity index (χ0) is 31.8. The number of hydrogen-bond acceptors (Lipinski definition) is 4. The molecule has 44 heavy (non-hydrogen) atoms. The van der Waals surface area contributed by atoms with E-state index in [1.165, 1.54) is 18.9 Å². The lowest BCUT2D eigenvalue weighted by Gasteiger charge is -2.58. The Balaban J connectivity index is 1.22. The van der Waals surface area contributed by atoms with Crippen molar-refractivity contribution in [3.05, 3.63) is 59.1 Å². The van der Waals surface area contributed by atoms with E-state index in [1.54, 1.807) is 11.1 Å². The number of anilines is 1. The van der Waals surface area contributed by atoms with Crippen LogP contribution in [0.4, 0.5) is 5.69 Å². The van der Waals surface area contributed by atoms with Crippen LogP contribution in [0.15, 0.2) is 42.6 Å². The molecule has 0 spiro atoms. The molecule has 2 aromatic rings. The normalized spacial score (nSPS) is 29.8. The first-order valence-electron chi connectivity index (χ1n) is 16.3. The van der Waals surface area contributed by atoms with Crippen LogP contribution in [-0.4, -0.2) is 52.4 Å². The van der Waals surface area contributed by atoms with Crippen molar-refractivity contribution in [2.24, 2.45) is 35.5 Å². The Kier molecular flexibility index (Phi) is 9.33. The molecule has 0 radical (unpaired) electrons. The molecule has 7 nitrogen and oxygen atoms in total. The first kappa shape index (κ1) is 32.3. The Bertz CT molecular complexity index is 1470. The minimum atomic E-state index is -0.453. The summed E-state index contributed by atoms with van der Waals surface area (Å²) in [6.07, 6.45) is 7.90. The molecule has 3 saturated carbocycles. The maximum absolute atomic E-state index is 13.4. The average molecular weight is 618 g/mol. The molecule has 7 atom stereocenters. The number of pyridine rings is 1. The summed E-state index contributed by atoms with van der Waals surface area (Å²) >= 11 is 6.12. The van der Waals surface area contributed by atoms with Crippen LogP contribution in [-0.2, 0) is 9.59 Å². The molecule has 3 aliphatic rings. The van der Waals surface area contributed by atoms with Crippen LogP contribution in [0.25, 0.3) is 15.7 Å². The van der Waals surface area contributed by atoms with Crippen molar-refractivity contribution in [1.82, 2.24) is 15.2 Å². The second-order valence-electron chi connectivity index (χ2n) is 14.5. The van der Waals surface area contributed by atoms with Crippen molar-refractivity contribution in [3.8, 4) is 0 Å². The minimum absolute atomic E-state index is 0.00734. The van der Waals surface area contributed by atoms with Gasteiger partial charge in [0.2, 0.25) is 17.4 Å². The molecule has 236 valence electrons. The molecule has 3 aliphatic carbocycles. The predicted octanol–water partition coefficient (Wildman–Crippen LogP) is 7.38. The summed E-state index contributed by atoms with van der Waals surface area (Å²) in [6, 6.07) is 7.48. The van der Waals surface area contributed by atoms with Crippen molar-refractivity contribution in [2.45, 2.75) is 84.2 Å². The predicted molar refractivity (Wildman–Crippen MR) is 178 cm³/mol. The SMILES string of the molecule is [C-]#[N+][C@@]12CCC(=C)[C@H]3[C@H](CC(C)(C)NC(=O)CN(CCNc4ccnc5cc(Cl)ccc45)C(C)=O)C[C@H](C)[C@@H](CC[C@@H]1C)[C@@H]32. The smallest absolute Gasteiger partial charge is 0.240 e. The van der Waals surface area contributed by atoms with E-state index in [1.807, 2.05) is 24.3 Å². The van der Waals surface area contributed by atoms with Crippen LogP contribution in [0.2, 0.25) is 5.02 Å². The highest BCUT2D eigenvalue weighted by Crippen LogP contribution is 2.63. The van der Waals surface area contributed by atoms with Gasteiger partial charge in [-0.3, -0.25) is 14.6 Å². The fourth-order valence-electron chi connectivity index (χ4n) is 9.10. The fourth-order valence-corrected chi connectivity index (χ4v) is 9.27. The number of allylic oxidation sites excluding steroid dienone is 1. The molecule has 1 aromatic carbocycles. The van der Waals surface area contributed by atoms with Gasteiger partial charge in [-0.1, -0.05) is 37.6 Å². The van der Waals surface area contributed by atoms with E-state index in [9.17, 15) is 9.59 Å². The first-order chi connectivity index (χ1) is 20.8. The second-order valence-corrected chi connectivity index (χ2v) is 14.9. The highest BCUT2D eigenvalue weighted by molar-refractivity contribution is 6.31. The van der Waals surface area contributed by atoms with Gasteiger partial charge in [-0.25, -0.2) is 6.57 Å². The van der Waals surface area contributed by atoms with E-state index >= 15 is 0 Å². The summed E-state index contributed by atoms with van der Waals surface area (Å²) in [5.74, 6) is 2.33. The van der Waals surface area contributed by atoms with Crippen LogP contribution < -0.4 is 10.6 Å². The number of aromatic nitrogens is 1. The number of carbonyl (C=O) groups excluding carboxylic acids is 2. The van der Waals surface area contributed by atoms with Crippen molar-refractivity contribution in [3.63, 3.8) is 0 Å². The van der Waals surface area contributed by atoms with Gasteiger partial charge >= 0.3 is 0 Å². The summed E-state index contributed by atoms with van der Waals surface area (Å²) in [5, 5.41) is 8.24. The monoisotopic (exact) mass is 617 g/mol. The van der Waals surface area contributed by atoms with Crippen molar-refractivity contribution in [1.29, 1.82) is 0 Å². The van der Waals surface area contributed by atoms with E-state index in [4.69, 9.17) is 18.2 Å². The third-order valence-corrected chi connectivity index (χ3v) is 11.3. The number of amides is 2. The van der Waals surface area contributed by atoms with Crippen molar-refractivity contribution in [2.75, 3.05) is 25.0 Å². The number of halogens is 1. The van der Waals surface area contributed by atoms with E-state index < -0.39 is 5.54 Å². The van der Waals surface area contributed by atoms with Gasteiger partial charge < -0.3 is 20.4 Å². The second kappa shape index (κ2) is 12.7. The van der Waals surface area contributed by atoms with Gasteiger partial charge in [-0.15, -0.1) is 0 Å². The molecule has 1 heterocycles. The van der Waals surface area contributed by atoms with E-state index in [0.717, 1.165) is 48.7 Å². The minimum Gasteiger partial charge on any atom is -0.383 e. The Morgan fingerprint density at radius 2 is 2.02 bits per heavy atom. The Labute approximate surface area is 268 Å². The standard InChI is InChI=1S/C36H48ClN5O2/c1-22-12-14-36(38-7)24(3)8-10-28-23(2)18-26(33(22)34(28)36)20-35(5,6)41-32(44)21-42(25(4)43)17-16-40-30-13-15-39-31-19-27(37)9-11-29(30)31/h9,11,13,15,19,23-24,26,28,33-34H,1,8,10,12,14,16-18,20-21H2,2-6H3,(H,39,40)(H,41,44)/t23-,24-,26-,28+,33-,34-,36-/m0/s1. The largest absolute Gasteiger partial charge is 0.383 e. The highest BCUT2D eigenvalue weighted by atomic mass is 35.5. The van der Waals surface area contributed by atoms with Crippen LogP contribution >= 0.6 is 11.6 Å². The van der Waals surface area contributed by atoms with Crippen LogP contribution in [0, 0.1) is 42.1 Å². The summed E-state index contributed by atoms with van der Waals surface area (Å²) in [7, 11) is 0. The average Bonchev–Trinajstić information content (AvgIpc) is 2.95. The zero-order valence-corrected chi connectivity index (χ0v) is 27.7. The van der Waals surface area contributed by atoms with Gasteiger partial charge in [-0.2, -0.15) is 0 Å². The summed E-state index contributed by atoms with van der Waals surface area (Å²) in [5.41, 5.74) is 2.28. The molecule has 0 aliphatic heterocycles. The molecular formula is C36H48ClN5O2. The zero-order valence-electron chi connectivity index (χ0n) is 27.0. The van der Waals surface area contributed by atoms with Crippen molar-refractivity contribution >= 4 is 40.0 Å². The molecule has 0 saturated heterocycles. The Hall–Kier alpha value is -3.11. The number of nitrogens with zero attached hydrogens (tertiary/aromatic N) is 3. The topological polar surface area (TPSA) is 78.7 Å². The van der Waals surface area contributed by atoms with Gasteiger partial charge in [0.1, 0.15) is 0 Å². The summed E-state index contributed by atoms with van der Waals surface area (Å²) in [6.45, 7) is 24.2. The number of fused-ring (bicyclic) bond motifs is 1. The number of rotatable bonds is 9. The molecule has 1 aromatic heterocycles. The lowest BCUT2D eigenvalue weighted by Crippen LogP contribution is -2.60. The third kappa shape index (κ3) is 6.33. The van der Waals surface area contributed by atoms with Crippen molar-refractivity contribution < 1.29 is 9.59 Å². The molecule has 2 N–H and O–H groups in total. The Morgan fingerprint density at radius 1 is 1.25 bits per heavy atom. The molecule has 3 fully saturated rings. The molecule has 5 rings (SSSR count). The maximum atomic E-state index is 13.4. The van der Waals surface area contributed by atoms with E-state index in [-0.39, 0.29) is 23.9 Å². The van der Waals surface area contributed by atoms with Gasteiger partial charge in [0.25, 0.3) is 0 Å². The molecule has 0 unspecified atom stereocenters. The number of nitrogens with one attached hydrogen (secondary N) is 2. The fraction of sp³-hybridized carbons (Fsp3) is 0.611. The van der Waals surface area contributed by atoms with Crippen LogP contribution in [0.1, 0.15) is 73.1 Å². The lowest BCUT2D eigenvalue weighted by molar-refractivity contribution is -0.135. The van der Waals surface area contributed by atoms with Crippen LogP contribution in [0.3, 0.4) is 0 Å². The van der Waals surface area contributed by atoms with E-state index in [2.05, 4.69) is 54.7 Å². The maximum Gasteiger partial charge on any atom is 0.240 e. The highest BCUT2D eigenvalue weighted by Gasteiger charge is 2.64. The summed E-state index contributed by atoms with van der Waals surface area (Å²) in [4.78, 5) is 36.3. The molecule has 2 amide bonds. The number of benzene rings is 1. The van der Waals surface area contributed by atoms with Gasteiger partial charge in [0.15, 0.2) is 0 Å². The summed E-state index contributed by atoms with van der Waals surface area (Å²) < 4.78 is 0. The molecule has 0 bridgehead atoms. The number of carbonyl (C=O) groups is 2. The van der Waals surface area contributed by atoms with Gasteiger partial charge in [0, 0.05) is 66.1 Å². The van der Waals surface area contributed by atoms with Gasteiger partial charge in [-0.05, 0) is 93.9 Å². The quantitative estimate of drug-likeness (QED) is 0.227. The van der Waals surface area contributed by atoms with Crippen LogP contribution in [0.5, 0.6) is 0 Å².